The van der Waals surface area contributed by atoms with Crippen molar-refractivity contribution in [2.45, 2.75) is 117 Å². The molecule has 0 spiro atoms. The summed E-state index contributed by atoms with van der Waals surface area (Å²) in [7, 11) is -0.493. The lowest BCUT2D eigenvalue weighted by atomic mass is 10.0. The maximum absolute atomic E-state index is 2.61. The molecule has 1 unspecified atom stereocenters. The average Bonchev–Trinajstić information content (AvgIpc) is 3.06. The molecule has 1 aliphatic carbocycles. The Balaban J connectivity index is 2.11. The summed E-state index contributed by atoms with van der Waals surface area (Å²) in [5, 5.41) is 3.95. The molecule has 33 heavy (non-hydrogen) atoms. The fraction of sp³-hybridized carbons (Fsp3) is 0.613. The predicted molar refractivity (Wildman–Crippen MR) is 155 cm³/mol. The smallest absolute Gasteiger partial charge is 0.0123 e. The molecule has 3 rings (SSSR count). The quantitative estimate of drug-likeness (QED) is 0.373. The fourth-order valence-corrected chi connectivity index (χ4v) is 15.6. The van der Waals surface area contributed by atoms with E-state index in [2.05, 4.69) is 113 Å². The van der Waals surface area contributed by atoms with Gasteiger partial charge in [0.2, 0.25) is 0 Å². The Bertz CT molecular complexity index is 854. The zero-order valence-corrected chi connectivity index (χ0v) is 25.0. The average molecular weight is 483 g/mol. The molecular weight excluding hydrogens is 434 g/mol. The lowest BCUT2D eigenvalue weighted by Gasteiger charge is -2.49. The second kappa shape index (κ2) is 10.1. The maximum atomic E-state index is 2.61. The fourth-order valence-electron chi connectivity index (χ4n) is 6.84. The minimum atomic E-state index is -0.401. The summed E-state index contributed by atoms with van der Waals surface area (Å²) < 4.78 is 0. The molecule has 0 radical (unpaired) electrons. The largest absolute Gasteiger partial charge is 0.0921 e. The third-order valence-electron chi connectivity index (χ3n) is 7.30. The molecule has 0 heterocycles. The molecule has 0 nitrogen and oxygen atoms in total. The van der Waals surface area contributed by atoms with Gasteiger partial charge in [0.15, 0.2) is 0 Å². The van der Waals surface area contributed by atoms with Gasteiger partial charge in [-0.25, -0.2) is 0 Å². The van der Waals surface area contributed by atoms with Crippen LogP contribution in [0, 0.1) is 33.6 Å². The van der Waals surface area contributed by atoms with E-state index in [4.69, 9.17) is 0 Å². The van der Waals surface area contributed by atoms with E-state index < -0.39 is 7.92 Å². The highest BCUT2D eigenvalue weighted by molar-refractivity contribution is 7.73. The van der Waals surface area contributed by atoms with Crippen LogP contribution in [0.15, 0.2) is 36.4 Å². The van der Waals surface area contributed by atoms with Crippen molar-refractivity contribution in [1.29, 1.82) is 0 Å². The van der Waals surface area contributed by atoms with Gasteiger partial charge >= 0.3 is 0 Å². The standard InChI is InChI=1S/C31H48P2/c1-21-15-22(2)18-26(17-21)32(27-19-23(3)16-24(4)20-27)25(5)28-13-12-14-29(28)33(30(6,7)8)31(9,10)11/h15-20,25,28-29H,12-14H2,1-11H3/t25-,28?,29+/m1/s1. The minimum absolute atomic E-state index is 0.0927. The van der Waals surface area contributed by atoms with Crippen LogP contribution >= 0.6 is 15.8 Å². The summed E-state index contributed by atoms with van der Waals surface area (Å²) in [4.78, 5) is 0. The summed E-state index contributed by atoms with van der Waals surface area (Å²) in [6.07, 6.45) is 4.25. The Morgan fingerprint density at radius 1 is 0.667 bits per heavy atom. The van der Waals surface area contributed by atoms with E-state index in [0.717, 1.165) is 11.6 Å². The van der Waals surface area contributed by atoms with Gasteiger partial charge in [0.05, 0.1) is 0 Å². The lowest BCUT2D eigenvalue weighted by Crippen LogP contribution is -2.37. The van der Waals surface area contributed by atoms with Gasteiger partial charge in [-0.15, -0.1) is 0 Å². The Kier molecular flexibility index (Phi) is 8.24. The predicted octanol–water partition coefficient (Wildman–Crippen LogP) is 8.99. The van der Waals surface area contributed by atoms with Crippen LogP contribution in [0.4, 0.5) is 0 Å². The highest BCUT2D eigenvalue weighted by Crippen LogP contribution is 2.68. The molecule has 0 aromatic heterocycles. The van der Waals surface area contributed by atoms with E-state index in [0.29, 0.717) is 16.0 Å². The monoisotopic (exact) mass is 482 g/mol. The minimum Gasteiger partial charge on any atom is -0.0921 e. The summed E-state index contributed by atoms with van der Waals surface area (Å²) in [5.41, 5.74) is 7.20. The van der Waals surface area contributed by atoms with Gasteiger partial charge in [0, 0.05) is 0 Å². The highest BCUT2D eigenvalue weighted by Gasteiger charge is 2.47. The van der Waals surface area contributed by atoms with Crippen molar-refractivity contribution in [2.75, 3.05) is 0 Å². The number of aryl methyl sites for hydroxylation is 4. The first kappa shape index (κ1) is 26.9. The first-order chi connectivity index (χ1) is 15.2. The van der Waals surface area contributed by atoms with Gasteiger partial charge in [0.1, 0.15) is 0 Å². The van der Waals surface area contributed by atoms with E-state index in [-0.39, 0.29) is 7.92 Å². The van der Waals surface area contributed by atoms with Crippen molar-refractivity contribution >= 4 is 26.5 Å². The molecule has 182 valence electrons. The lowest BCUT2D eigenvalue weighted by molar-refractivity contribution is 0.531. The van der Waals surface area contributed by atoms with Gasteiger partial charge in [-0.2, -0.15) is 0 Å². The topological polar surface area (TPSA) is 0 Å². The second-order valence-corrected chi connectivity index (χ2v) is 19.4. The van der Waals surface area contributed by atoms with Crippen LogP contribution in [-0.4, -0.2) is 21.6 Å². The van der Waals surface area contributed by atoms with Crippen LogP contribution < -0.4 is 10.6 Å². The Labute approximate surface area is 207 Å². The van der Waals surface area contributed by atoms with Gasteiger partial charge in [-0.05, 0) is 86.6 Å². The summed E-state index contributed by atoms with van der Waals surface area (Å²) in [5.74, 6) is 0.822. The number of rotatable bonds is 5. The molecule has 2 heteroatoms. The van der Waals surface area contributed by atoms with E-state index in [9.17, 15) is 0 Å². The second-order valence-electron chi connectivity index (χ2n) is 12.7. The van der Waals surface area contributed by atoms with E-state index in [1.54, 1.807) is 10.6 Å². The molecule has 0 amide bonds. The molecule has 2 aromatic carbocycles. The summed E-state index contributed by atoms with van der Waals surface area (Å²) in [6, 6.07) is 14.6. The number of hydrogen-bond acceptors (Lipinski definition) is 0. The van der Waals surface area contributed by atoms with E-state index in [1.165, 1.54) is 41.5 Å². The number of hydrogen-bond donors (Lipinski definition) is 0. The van der Waals surface area contributed by atoms with E-state index in [1.807, 2.05) is 0 Å². The molecule has 1 fully saturated rings. The SMILES string of the molecule is Cc1cc(C)cc(P(c2cc(C)cc(C)c2)[C@H](C)C2CCC[C@@H]2P(C(C)(C)C)C(C)(C)C)c1. The molecule has 0 bridgehead atoms. The maximum Gasteiger partial charge on any atom is -0.0123 e. The molecule has 1 aliphatic rings. The third-order valence-corrected chi connectivity index (χ3v) is 14.3. The molecule has 2 aromatic rings. The first-order valence-electron chi connectivity index (χ1n) is 12.9. The van der Waals surface area contributed by atoms with Gasteiger partial charge in [-0.3, -0.25) is 0 Å². The van der Waals surface area contributed by atoms with Crippen molar-refractivity contribution in [3.63, 3.8) is 0 Å². The molecular formula is C31H48P2. The molecule has 0 aliphatic heterocycles. The van der Waals surface area contributed by atoms with Crippen molar-refractivity contribution in [3.8, 4) is 0 Å². The van der Waals surface area contributed by atoms with Gasteiger partial charge in [-0.1, -0.05) is 121 Å². The third kappa shape index (κ3) is 6.30. The zero-order valence-electron chi connectivity index (χ0n) is 23.2. The molecule has 0 saturated heterocycles. The van der Waals surface area contributed by atoms with Crippen molar-refractivity contribution < 1.29 is 0 Å². The van der Waals surface area contributed by atoms with Crippen molar-refractivity contribution in [3.05, 3.63) is 58.7 Å². The summed E-state index contributed by atoms with van der Waals surface area (Å²) >= 11 is 0. The highest BCUT2D eigenvalue weighted by atomic mass is 31.1. The van der Waals surface area contributed by atoms with Gasteiger partial charge < -0.3 is 0 Å². The van der Waals surface area contributed by atoms with Crippen LogP contribution in [0.3, 0.4) is 0 Å². The molecule has 3 atom stereocenters. The Morgan fingerprint density at radius 3 is 1.42 bits per heavy atom. The van der Waals surface area contributed by atoms with Crippen LogP contribution in [0.5, 0.6) is 0 Å². The van der Waals surface area contributed by atoms with Gasteiger partial charge in [0.25, 0.3) is 0 Å². The van der Waals surface area contributed by atoms with Crippen LogP contribution in [0.25, 0.3) is 0 Å². The zero-order chi connectivity index (χ0) is 24.7. The van der Waals surface area contributed by atoms with Crippen LogP contribution in [0.2, 0.25) is 0 Å². The van der Waals surface area contributed by atoms with Crippen molar-refractivity contribution in [2.24, 2.45) is 5.92 Å². The number of benzene rings is 2. The van der Waals surface area contributed by atoms with Crippen molar-refractivity contribution in [1.82, 2.24) is 0 Å². The first-order valence-corrected chi connectivity index (χ1v) is 15.8. The molecule has 0 N–H and O–H groups in total. The summed E-state index contributed by atoms with van der Waals surface area (Å²) in [6.45, 7) is 26.8. The van der Waals surface area contributed by atoms with E-state index >= 15 is 0 Å². The van der Waals surface area contributed by atoms with Crippen LogP contribution in [-0.2, 0) is 0 Å². The van der Waals surface area contributed by atoms with Crippen LogP contribution in [0.1, 0.15) is 90.0 Å². The Hall–Kier alpha value is -0.700. The molecule has 1 saturated carbocycles. The Morgan fingerprint density at radius 2 is 1.06 bits per heavy atom. The normalized spacial score (nSPS) is 20.6.